The van der Waals surface area contributed by atoms with Crippen molar-refractivity contribution in [1.29, 1.82) is 0 Å². The Morgan fingerprint density at radius 2 is 1.64 bits per heavy atom. The van der Waals surface area contributed by atoms with E-state index >= 15 is 0 Å². The van der Waals surface area contributed by atoms with Crippen molar-refractivity contribution in [2.24, 2.45) is 17.6 Å². The molecule has 0 heterocycles. The molecule has 0 aliphatic heterocycles. The van der Waals surface area contributed by atoms with Gasteiger partial charge in [-0.3, -0.25) is 19.3 Å². The average Bonchev–Trinajstić information content (AvgIpc) is 2.92. The van der Waals surface area contributed by atoms with Crippen LogP contribution < -0.4 is 16.4 Å². The van der Waals surface area contributed by atoms with Gasteiger partial charge in [0, 0.05) is 17.2 Å². The number of fused-ring (bicyclic) bond motifs is 3. The van der Waals surface area contributed by atoms with Gasteiger partial charge in [-0.15, -0.1) is 0 Å². The normalized spacial score (nSPS) is 28.7. The lowest BCUT2D eigenvalue weighted by Crippen LogP contribution is -2.70. The standard InChI is InChI=1S/C29H30N4O9/c1-11-13-9-10-14(32-28(41)31-12-7-5-4-6-8-12)21(34)16(13)22(35)17-15(11)23(36)19-20(33(2)3)24(37)18(27(30)40)26(39)29(19,42)25(17)38/h4-11,15,19-20,23,34-36,39,42H,1-3H3,(H2,30,40)(H2,31,32,41)/t11-,15+,19+,20-,23-,29-/m0/s1. The maximum absolute atomic E-state index is 14.0. The van der Waals surface area contributed by atoms with Crippen molar-refractivity contribution in [3.8, 4) is 5.75 Å². The molecule has 0 aromatic heterocycles. The molecular formula is C29H30N4O9. The van der Waals surface area contributed by atoms with Gasteiger partial charge in [-0.05, 0) is 43.8 Å². The lowest BCUT2D eigenvalue weighted by molar-refractivity contribution is -0.169. The van der Waals surface area contributed by atoms with E-state index in [4.69, 9.17) is 5.73 Å². The topological polar surface area (TPSA) is 223 Å². The van der Waals surface area contributed by atoms with Gasteiger partial charge in [0.2, 0.25) is 5.78 Å². The van der Waals surface area contributed by atoms with Crippen molar-refractivity contribution < 1.29 is 44.7 Å². The number of likely N-dealkylation sites (N-methyl/N-ethyl adjacent to an activating group) is 1. The van der Waals surface area contributed by atoms with E-state index in [9.17, 15) is 44.7 Å². The van der Waals surface area contributed by atoms with Crippen LogP contribution in [0, 0.1) is 11.8 Å². The molecule has 3 amide bonds. The van der Waals surface area contributed by atoms with Crippen LogP contribution in [0.25, 0.3) is 5.76 Å². The van der Waals surface area contributed by atoms with Crippen LogP contribution in [0.15, 0.2) is 59.4 Å². The minimum Gasteiger partial charge on any atom is -0.508 e. The second-order valence-corrected chi connectivity index (χ2v) is 10.9. The van der Waals surface area contributed by atoms with E-state index in [1.807, 2.05) is 0 Å². The number of rotatable bonds is 4. The van der Waals surface area contributed by atoms with Gasteiger partial charge < -0.3 is 41.9 Å². The number of nitrogens with two attached hydrogens (primary N) is 1. The number of urea groups is 1. The maximum atomic E-state index is 14.0. The minimum absolute atomic E-state index is 0.116. The van der Waals surface area contributed by atoms with Crippen LogP contribution >= 0.6 is 0 Å². The van der Waals surface area contributed by atoms with E-state index in [-0.39, 0.29) is 11.3 Å². The number of amides is 3. The van der Waals surface area contributed by atoms with E-state index in [2.05, 4.69) is 10.6 Å². The summed E-state index contributed by atoms with van der Waals surface area (Å²) in [5, 5.41) is 62.0. The molecule has 2 aromatic carbocycles. The van der Waals surface area contributed by atoms with E-state index in [0.717, 1.165) is 0 Å². The van der Waals surface area contributed by atoms with Crippen LogP contribution in [0.4, 0.5) is 16.2 Å². The Labute approximate surface area is 239 Å². The third-order valence-electron chi connectivity index (χ3n) is 8.41. The first-order valence-electron chi connectivity index (χ1n) is 13.0. The van der Waals surface area contributed by atoms with Gasteiger partial charge in [0.25, 0.3) is 5.91 Å². The Bertz CT molecular complexity index is 1600. The van der Waals surface area contributed by atoms with E-state index < -0.39 is 87.4 Å². The highest BCUT2D eigenvalue weighted by molar-refractivity contribution is 6.24. The van der Waals surface area contributed by atoms with Gasteiger partial charge >= 0.3 is 6.03 Å². The summed E-state index contributed by atoms with van der Waals surface area (Å²) in [4.78, 5) is 53.3. The summed E-state index contributed by atoms with van der Waals surface area (Å²) >= 11 is 0. The summed E-state index contributed by atoms with van der Waals surface area (Å²) in [5.41, 5.74) is 1.24. The first kappa shape index (κ1) is 28.8. The van der Waals surface area contributed by atoms with Crippen molar-refractivity contribution in [2.45, 2.75) is 30.6 Å². The fourth-order valence-corrected chi connectivity index (χ4v) is 6.52. The molecule has 2 aromatic rings. The number of phenolic OH excluding ortho intramolecular Hbond substituents is 1. The highest BCUT2D eigenvalue weighted by Crippen LogP contribution is 2.56. The van der Waals surface area contributed by atoms with Crippen LogP contribution in [-0.2, 0) is 14.4 Å². The van der Waals surface area contributed by atoms with E-state index in [1.54, 1.807) is 37.3 Å². The highest BCUT2D eigenvalue weighted by atomic mass is 16.4. The van der Waals surface area contributed by atoms with Gasteiger partial charge in [0.1, 0.15) is 22.8 Å². The molecule has 0 unspecified atom stereocenters. The molecule has 9 N–H and O–H groups in total. The summed E-state index contributed by atoms with van der Waals surface area (Å²) < 4.78 is 0. The van der Waals surface area contributed by atoms with Crippen LogP contribution in [0.5, 0.6) is 5.75 Å². The largest absolute Gasteiger partial charge is 0.508 e. The molecule has 0 radical (unpaired) electrons. The van der Waals surface area contributed by atoms with Gasteiger partial charge in [-0.2, -0.15) is 0 Å². The zero-order valence-electron chi connectivity index (χ0n) is 22.8. The van der Waals surface area contributed by atoms with Gasteiger partial charge in [-0.25, -0.2) is 4.79 Å². The van der Waals surface area contributed by atoms with Crippen molar-refractivity contribution in [2.75, 3.05) is 24.7 Å². The Hall–Kier alpha value is -4.72. The van der Waals surface area contributed by atoms with Crippen molar-refractivity contribution in [1.82, 2.24) is 4.90 Å². The Balaban J connectivity index is 1.64. The van der Waals surface area contributed by atoms with Gasteiger partial charge in [0.15, 0.2) is 11.4 Å². The number of anilines is 2. The maximum Gasteiger partial charge on any atom is 0.323 e. The summed E-state index contributed by atoms with van der Waals surface area (Å²) in [6, 6.07) is 9.24. The number of hydrogen-bond donors (Lipinski definition) is 8. The minimum atomic E-state index is -3.01. The number of carbonyl (C=O) groups is 4. The second-order valence-electron chi connectivity index (χ2n) is 10.9. The number of Topliss-reactive ketones (excluding diaryl/α,β-unsaturated/α-hetero) is 2. The SMILES string of the molecule is C[C@H]1c2ccc(NC(=O)Nc3ccccc3)c(O)c2C(O)=C2C(=O)[C@]3(O)C(O)=C(C(N)=O)C(=O)[C@@H](N(C)C)[C@@H]3[C@@H](O)[C@@H]21. The summed E-state index contributed by atoms with van der Waals surface area (Å²) in [6.07, 6.45) is -1.70. The fourth-order valence-electron chi connectivity index (χ4n) is 6.52. The molecule has 5 rings (SSSR count). The Morgan fingerprint density at radius 1 is 1.00 bits per heavy atom. The van der Waals surface area contributed by atoms with E-state index in [0.29, 0.717) is 11.3 Å². The van der Waals surface area contributed by atoms with Crippen molar-refractivity contribution in [3.05, 3.63) is 70.5 Å². The van der Waals surface area contributed by atoms with Crippen LogP contribution in [0.1, 0.15) is 24.0 Å². The smallest absolute Gasteiger partial charge is 0.323 e. The number of benzene rings is 2. The highest BCUT2D eigenvalue weighted by Gasteiger charge is 2.68. The molecule has 13 heteroatoms. The van der Waals surface area contributed by atoms with Gasteiger partial charge in [0.05, 0.1) is 29.3 Å². The lowest BCUT2D eigenvalue weighted by atomic mass is 9.54. The third-order valence-corrected chi connectivity index (χ3v) is 8.41. The number of nitrogens with one attached hydrogen (secondary N) is 2. The second kappa shape index (κ2) is 9.98. The molecule has 3 aliphatic carbocycles. The quantitative estimate of drug-likeness (QED) is 0.191. The number of hydrogen-bond acceptors (Lipinski definition) is 10. The molecule has 0 spiro atoms. The third kappa shape index (κ3) is 3.96. The van der Waals surface area contributed by atoms with Crippen molar-refractivity contribution in [3.63, 3.8) is 0 Å². The monoisotopic (exact) mass is 578 g/mol. The van der Waals surface area contributed by atoms with Crippen molar-refractivity contribution >= 4 is 40.6 Å². The number of ketones is 2. The molecule has 0 bridgehead atoms. The number of para-hydroxylation sites is 1. The summed E-state index contributed by atoms with van der Waals surface area (Å²) in [6.45, 7) is 1.62. The van der Waals surface area contributed by atoms with Gasteiger partial charge in [-0.1, -0.05) is 31.2 Å². The molecule has 42 heavy (non-hydrogen) atoms. The molecular weight excluding hydrogens is 548 g/mol. The number of nitrogens with zero attached hydrogens (tertiary/aromatic N) is 1. The Morgan fingerprint density at radius 3 is 2.24 bits per heavy atom. The van der Waals surface area contributed by atoms with Crippen LogP contribution in [-0.4, -0.2) is 85.8 Å². The number of primary amides is 1. The van der Waals surface area contributed by atoms with Crippen LogP contribution in [0.2, 0.25) is 0 Å². The number of carbonyl (C=O) groups excluding carboxylic acids is 4. The predicted octanol–water partition coefficient (Wildman–Crippen LogP) is 1.14. The first-order valence-corrected chi connectivity index (χ1v) is 13.0. The zero-order valence-corrected chi connectivity index (χ0v) is 22.8. The molecule has 0 saturated heterocycles. The number of aliphatic hydroxyl groups excluding tert-OH is 3. The zero-order chi connectivity index (χ0) is 30.8. The molecule has 220 valence electrons. The number of aliphatic hydroxyl groups is 4. The Kier molecular flexibility index (Phi) is 6.84. The lowest BCUT2D eigenvalue weighted by Gasteiger charge is -2.53. The first-order chi connectivity index (χ1) is 19.7. The fraction of sp³-hybridized carbons (Fsp3) is 0.310. The number of phenols is 1. The molecule has 1 saturated carbocycles. The summed E-state index contributed by atoms with van der Waals surface area (Å²) in [7, 11) is 2.87. The predicted molar refractivity (Wildman–Crippen MR) is 149 cm³/mol. The summed E-state index contributed by atoms with van der Waals surface area (Å²) in [5.74, 6) is -9.95. The number of aromatic hydroxyl groups is 1. The molecule has 6 atom stereocenters. The van der Waals surface area contributed by atoms with Crippen LogP contribution in [0.3, 0.4) is 0 Å². The molecule has 13 nitrogen and oxygen atoms in total. The molecule has 1 fully saturated rings. The van der Waals surface area contributed by atoms with E-state index in [1.165, 1.54) is 31.1 Å². The molecule has 3 aliphatic rings. The average molecular weight is 579 g/mol.